The number of amides is 2. The zero-order valence-electron chi connectivity index (χ0n) is 19.6. The predicted molar refractivity (Wildman–Crippen MR) is 125 cm³/mol. The van der Waals surface area contributed by atoms with Gasteiger partial charge in [-0.3, -0.25) is 19.3 Å². The summed E-state index contributed by atoms with van der Waals surface area (Å²) >= 11 is 0. The van der Waals surface area contributed by atoms with Gasteiger partial charge in [0.05, 0.1) is 0 Å². The molecule has 1 aromatic heterocycles. The zero-order chi connectivity index (χ0) is 22.7. The number of likely N-dealkylation sites (tertiary alicyclic amines) is 1. The van der Waals surface area contributed by atoms with Crippen molar-refractivity contribution in [3.05, 3.63) is 33.7 Å². The van der Waals surface area contributed by atoms with Crippen molar-refractivity contribution in [2.24, 2.45) is 5.92 Å². The second-order valence-electron chi connectivity index (χ2n) is 9.72. The highest BCUT2D eigenvalue weighted by atomic mass is 16.2. The number of aromatic nitrogens is 1. The summed E-state index contributed by atoms with van der Waals surface area (Å²) in [6.07, 6.45) is 12.3. The topological polar surface area (TPSA) is 74.7 Å². The first-order chi connectivity index (χ1) is 15.5. The van der Waals surface area contributed by atoms with Crippen LogP contribution >= 0.6 is 0 Å². The van der Waals surface area contributed by atoms with E-state index in [-0.39, 0.29) is 29.0 Å². The number of nitrogens with zero attached hydrogens (tertiary/aromatic N) is 3. The Hall–Kier alpha value is -2.15. The van der Waals surface area contributed by atoms with Crippen LogP contribution in [0.4, 0.5) is 0 Å². The molecule has 3 fully saturated rings. The molecule has 2 heterocycles. The minimum atomic E-state index is -0.431. The summed E-state index contributed by atoms with van der Waals surface area (Å²) in [7, 11) is 0. The van der Waals surface area contributed by atoms with Crippen LogP contribution < -0.4 is 10.7 Å². The first-order valence-electron chi connectivity index (χ1n) is 12.6. The molecule has 2 amide bonds. The van der Waals surface area contributed by atoms with E-state index in [1.165, 1.54) is 19.3 Å². The average molecular weight is 443 g/mol. The second kappa shape index (κ2) is 10.2. The third-order valence-corrected chi connectivity index (χ3v) is 7.54. The second-order valence-corrected chi connectivity index (χ2v) is 9.72. The SMILES string of the molecule is CCN(CC)[C@@H]1CCN(C(=O)c2cn(C3CC3)cc(C(=O)NCC3CCCCC3)c2=O)C1. The zero-order valence-corrected chi connectivity index (χ0v) is 19.6. The third kappa shape index (κ3) is 5.08. The van der Waals surface area contributed by atoms with E-state index in [1.807, 2.05) is 4.57 Å². The van der Waals surface area contributed by atoms with E-state index in [1.54, 1.807) is 17.3 Å². The summed E-state index contributed by atoms with van der Waals surface area (Å²) in [5.41, 5.74) is -0.181. The standard InChI is InChI=1S/C25H38N4O3/c1-3-27(4-2)20-12-13-28(15-20)25(32)22-17-29(19-10-11-19)16-21(23(22)30)24(31)26-14-18-8-6-5-7-9-18/h16-20H,3-15H2,1-2H3,(H,26,31)/t20-/m1/s1. The van der Waals surface area contributed by atoms with Gasteiger partial charge >= 0.3 is 0 Å². The van der Waals surface area contributed by atoms with Crippen molar-refractivity contribution in [3.8, 4) is 0 Å². The molecule has 1 aliphatic heterocycles. The van der Waals surface area contributed by atoms with Crippen molar-refractivity contribution in [1.82, 2.24) is 19.7 Å². The van der Waals surface area contributed by atoms with E-state index in [0.717, 1.165) is 45.2 Å². The largest absolute Gasteiger partial charge is 0.352 e. The minimum Gasteiger partial charge on any atom is -0.352 e. The van der Waals surface area contributed by atoms with E-state index >= 15 is 0 Å². The molecule has 7 heteroatoms. The van der Waals surface area contributed by atoms with Gasteiger partial charge in [-0.2, -0.15) is 0 Å². The Morgan fingerprint density at radius 1 is 1.00 bits per heavy atom. The van der Waals surface area contributed by atoms with Crippen LogP contribution in [-0.4, -0.2) is 64.9 Å². The molecule has 32 heavy (non-hydrogen) atoms. The van der Waals surface area contributed by atoms with Crippen LogP contribution in [0.15, 0.2) is 17.2 Å². The lowest BCUT2D eigenvalue weighted by atomic mass is 9.89. The average Bonchev–Trinajstić information content (AvgIpc) is 3.56. The van der Waals surface area contributed by atoms with Crippen LogP contribution in [0.25, 0.3) is 0 Å². The van der Waals surface area contributed by atoms with Gasteiger partial charge < -0.3 is 14.8 Å². The van der Waals surface area contributed by atoms with Crippen LogP contribution in [0.1, 0.15) is 92.0 Å². The fourth-order valence-electron chi connectivity index (χ4n) is 5.35. The molecule has 2 saturated carbocycles. The van der Waals surface area contributed by atoms with Gasteiger partial charge in [-0.25, -0.2) is 0 Å². The van der Waals surface area contributed by atoms with E-state index in [2.05, 4.69) is 24.1 Å². The molecule has 0 spiro atoms. The number of hydrogen-bond acceptors (Lipinski definition) is 4. The molecule has 1 saturated heterocycles. The summed E-state index contributed by atoms with van der Waals surface area (Å²) in [6.45, 7) is 8.08. The molecular weight excluding hydrogens is 404 g/mol. The fraction of sp³-hybridized carbons (Fsp3) is 0.720. The number of nitrogens with one attached hydrogen (secondary N) is 1. The molecule has 0 bridgehead atoms. The highest BCUT2D eigenvalue weighted by Crippen LogP contribution is 2.34. The molecule has 0 aromatic carbocycles. The van der Waals surface area contributed by atoms with E-state index in [4.69, 9.17) is 0 Å². The quantitative estimate of drug-likeness (QED) is 0.672. The third-order valence-electron chi connectivity index (χ3n) is 7.54. The maximum Gasteiger partial charge on any atom is 0.259 e. The maximum atomic E-state index is 13.4. The van der Waals surface area contributed by atoms with Gasteiger partial charge in [0, 0.05) is 44.1 Å². The molecule has 0 unspecified atom stereocenters. The summed E-state index contributed by atoms with van der Waals surface area (Å²) < 4.78 is 1.92. The van der Waals surface area contributed by atoms with Gasteiger partial charge in [0.15, 0.2) is 0 Å². The van der Waals surface area contributed by atoms with Crippen molar-refractivity contribution in [3.63, 3.8) is 0 Å². The monoisotopic (exact) mass is 442 g/mol. The van der Waals surface area contributed by atoms with Crippen molar-refractivity contribution in [2.45, 2.75) is 77.3 Å². The van der Waals surface area contributed by atoms with Gasteiger partial charge in [0.25, 0.3) is 11.8 Å². The van der Waals surface area contributed by atoms with Crippen LogP contribution in [0.2, 0.25) is 0 Å². The molecule has 4 rings (SSSR count). The fourth-order valence-corrected chi connectivity index (χ4v) is 5.35. The Labute approximate surface area is 191 Å². The summed E-state index contributed by atoms with van der Waals surface area (Å²) in [5, 5.41) is 2.99. The number of pyridine rings is 1. The normalized spacial score (nSPS) is 21.8. The molecule has 1 atom stereocenters. The molecule has 7 nitrogen and oxygen atoms in total. The number of rotatable bonds is 8. The lowest BCUT2D eigenvalue weighted by Gasteiger charge is -2.26. The smallest absolute Gasteiger partial charge is 0.259 e. The van der Waals surface area contributed by atoms with E-state index in [9.17, 15) is 14.4 Å². The molecule has 1 aromatic rings. The molecule has 3 aliphatic rings. The van der Waals surface area contributed by atoms with Crippen molar-refractivity contribution in [1.29, 1.82) is 0 Å². The van der Waals surface area contributed by atoms with E-state index in [0.29, 0.717) is 31.6 Å². The lowest BCUT2D eigenvalue weighted by Crippen LogP contribution is -2.40. The Morgan fingerprint density at radius 2 is 1.69 bits per heavy atom. The molecule has 1 N–H and O–H groups in total. The highest BCUT2D eigenvalue weighted by molar-refractivity contribution is 5.99. The van der Waals surface area contributed by atoms with Gasteiger partial charge in [-0.05, 0) is 51.1 Å². The van der Waals surface area contributed by atoms with Gasteiger partial charge in [-0.1, -0.05) is 33.1 Å². The van der Waals surface area contributed by atoms with Crippen LogP contribution in [0.3, 0.4) is 0 Å². The van der Waals surface area contributed by atoms with Crippen molar-refractivity contribution >= 4 is 11.8 Å². The first kappa shape index (κ1) is 23.0. The molecule has 2 aliphatic carbocycles. The van der Waals surface area contributed by atoms with Gasteiger partial charge in [0.2, 0.25) is 5.43 Å². The van der Waals surface area contributed by atoms with Crippen LogP contribution in [0, 0.1) is 5.92 Å². The Balaban J connectivity index is 1.52. The van der Waals surface area contributed by atoms with Gasteiger partial charge in [-0.15, -0.1) is 0 Å². The molecular formula is C25H38N4O3. The number of carbonyl (C=O) groups excluding carboxylic acids is 2. The predicted octanol–water partition coefficient (Wildman–Crippen LogP) is 3.05. The summed E-state index contributed by atoms with van der Waals surface area (Å²) in [4.78, 5) is 43.7. The number of likely N-dealkylation sites (N-methyl/N-ethyl adjacent to an activating group) is 1. The van der Waals surface area contributed by atoms with Gasteiger partial charge in [0.1, 0.15) is 11.1 Å². The number of hydrogen-bond donors (Lipinski definition) is 1. The lowest BCUT2D eigenvalue weighted by molar-refractivity contribution is 0.0775. The van der Waals surface area contributed by atoms with Crippen molar-refractivity contribution in [2.75, 3.05) is 32.7 Å². The maximum absolute atomic E-state index is 13.4. The van der Waals surface area contributed by atoms with Crippen LogP contribution in [0.5, 0.6) is 0 Å². The minimum absolute atomic E-state index is 0.109. The Kier molecular flexibility index (Phi) is 7.33. The molecule has 0 radical (unpaired) electrons. The summed E-state index contributed by atoms with van der Waals surface area (Å²) in [6, 6.07) is 0.621. The first-order valence-corrected chi connectivity index (χ1v) is 12.6. The Morgan fingerprint density at radius 3 is 2.34 bits per heavy atom. The van der Waals surface area contributed by atoms with Crippen LogP contribution in [-0.2, 0) is 0 Å². The van der Waals surface area contributed by atoms with E-state index < -0.39 is 5.43 Å². The summed E-state index contributed by atoms with van der Waals surface area (Å²) in [5.74, 6) is -0.0853. The highest BCUT2D eigenvalue weighted by Gasteiger charge is 2.33. The number of carbonyl (C=O) groups is 2. The molecule has 176 valence electrons. The van der Waals surface area contributed by atoms with Crippen molar-refractivity contribution < 1.29 is 9.59 Å². The Bertz CT molecular complexity index is 882.